The van der Waals surface area contributed by atoms with Crippen molar-refractivity contribution >= 4 is 5.91 Å². The molecule has 0 aliphatic carbocycles. The van der Waals surface area contributed by atoms with Crippen LogP contribution in [0.15, 0.2) is 0 Å². The average Bonchev–Trinajstić information content (AvgIpc) is 2.72. The summed E-state index contributed by atoms with van der Waals surface area (Å²) < 4.78 is 5.42. The Morgan fingerprint density at radius 2 is 2.20 bits per heavy atom. The van der Waals surface area contributed by atoms with Gasteiger partial charge in [0.25, 0.3) is 0 Å². The van der Waals surface area contributed by atoms with E-state index in [1.807, 2.05) is 0 Å². The molecule has 3 heteroatoms. The molecule has 0 saturated carbocycles. The smallest absolute Gasteiger partial charge is 0.222 e. The highest BCUT2D eigenvalue weighted by atomic mass is 16.5. The molecule has 0 aromatic rings. The lowest BCUT2D eigenvalue weighted by Gasteiger charge is -2.14. The lowest BCUT2D eigenvalue weighted by atomic mass is 10.0. The van der Waals surface area contributed by atoms with Crippen LogP contribution in [0, 0.1) is 5.92 Å². The third-order valence-corrected chi connectivity index (χ3v) is 3.18. The maximum Gasteiger partial charge on any atom is 0.222 e. The Morgan fingerprint density at radius 3 is 2.73 bits per heavy atom. The van der Waals surface area contributed by atoms with Crippen LogP contribution in [0.5, 0.6) is 0 Å². The minimum atomic E-state index is 0.147. The third kappa shape index (κ3) is 4.65. The summed E-state index contributed by atoms with van der Waals surface area (Å²) in [4.78, 5) is 11.5. The number of hydrogen-bond donors (Lipinski definition) is 1. The number of amides is 1. The Balaban J connectivity index is 2.12. The zero-order chi connectivity index (χ0) is 11.1. The van der Waals surface area contributed by atoms with Crippen molar-refractivity contribution in [3.05, 3.63) is 0 Å². The van der Waals surface area contributed by atoms with Crippen molar-refractivity contribution in [2.75, 3.05) is 13.2 Å². The van der Waals surface area contributed by atoms with Crippen LogP contribution in [0.1, 0.15) is 46.0 Å². The monoisotopic (exact) mass is 213 g/mol. The van der Waals surface area contributed by atoms with Crippen LogP contribution < -0.4 is 5.32 Å². The van der Waals surface area contributed by atoms with Crippen LogP contribution in [0.3, 0.4) is 0 Å². The highest BCUT2D eigenvalue weighted by Gasteiger charge is 2.19. The van der Waals surface area contributed by atoms with Crippen LogP contribution in [0.2, 0.25) is 0 Å². The predicted octanol–water partition coefficient (Wildman–Crippen LogP) is 2.11. The van der Waals surface area contributed by atoms with Gasteiger partial charge in [-0.1, -0.05) is 26.7 Å². The van der Waals surface area contributed by atoms with Crippen molar-refractivity contribution in [1.29, 1.82) is 0 Å². The molecule has 3 nitrogen and oxygen atoms in total. The van der Waals surface area contributed by atoms with E-state index in [-0.39, 0.29) is 12.0 Å². The van der Waals surface area contributed by atoms with E-state index in [2.05, 4.69) is 19.2 Å². The average molecular weight is 213 g/mol. The summed E-state index contributed by atoms with van der Waals surface area (Å²) in [6, 6.07) is 0. The zero-order valence-electron chi connectivity index (χ0n) is 9.92. The van der Waals surface area contributed by atoms with Gasteiger partial charge in [-0.05, 0) is 18.8 Å². The lowest BCUT2D eigenvalue weighted by molar-refractivity contribution is -0.123. The number of hydrogen-bond acceptors (Lipinski definition) is 2. The van der Waals surface area contributed by atoms with Gasteiger partial charge in [0.05, 0.1) is 12.5 Å². The second kappa shape index (κ2) is 6.83. The number of carbonyl (C=O) groups is 1. The molecule has 0 aromatic carbocycles. The highest BCUT2D eigenvalue weighted by molar-refractivity contribution is 5.76. The summed E-state index contributed by atoms with van der Waals surface area (Å²) in [5.41, 5.74) is 0. The van der Waals surface area contributed by atoms with E-state index in [1.54, 1.807) is 0 Å². The van der Waals surface area contributed by atoms with Crippen molar-refractivity contribution in [2.45, 2.75) is 52.1 Å². The van der Waals surface area contributed by atoms with E-state index in [0.717, 1.165) is 38.8 Å². The minimum absolute atomic E-state index is 0.147. The molecule has 1 aliphatic rings. The summed E-state index contributed by atoms with van der Waals surface area (Å²) in [7, 11) is 0. The largest absolute Gasteiger partial charge is 0.378 e. The fourth-order valence-corrected chi connectivity index (χ4v) is 1.92. The highest BCUT2D eigenvalue weighted by Crippen LogP contribution is 2.15. The molecule has 1 amide bonds. The minimum Gasteiger partial charge on any atom is -0.378 e. The summed E-state index contributed by atoms with van der Waals surface area (Å²) >= 11 is 0. The second-order valence-electron chi connectivity index (χ2n) is 4.33. The van der Waals surface area contributed by atoms with Gasteiger partial charge in [-0.25, -0.2) is 0 Å². The van der Waals surface area contributed by atoms with Crippen LogP contribution in [0.4, 0.5) is 0 Å². The molecule has 1 aliphatic heterocycles. The standard InChI is InChI=1S/C12H23NO2/c1-3-10(4-2)9-13-12(14)8-11-6-5-7-15-11/h10-11H,3-9H2,1-2H3,(H,13,14). The Kier molecular flexibility index (Phi) is 5.69. The summed E-state index contributed by atoms with van der Waals surface area (Å²) in [6.07, 6.45) is 5.13. The lowest BCUT2D eigenvalue weighted by Crippen LogP contribution is -2.31. The molecule has 1 heterocycles. The van der Waals surface area contributed by atoms with E-state index >= 15 is 0 Å². The van der Waals surface area contributed by atoms with Crippen LogP contribution >= 0.6 is 0 Å². The Morgan fingerprint density at radius 1 is 1.47 bits per heavy atom. The van der Waals surface area contributed by atoms with Gasteiger partial charge in [0.1, 0.15) is 0 Å². The van der Waals surface area contributed by atoms with E-state index in [0.29, 0.717) is 12.3 Å². The quantitative estimate of drug-likeness (QED) is 0.734. The second-order valence-corrected chi connectivity index (χ2v) is 4.33. The van der Waals surface area contributed by atoms with Crippen molar-refractivity contribution in [1.82, 2.24) is 5.32 Å². The van der Waals surface area contributed by atoms with Gasteiger partial charge in [0.2, 0.25) is 5.91 Å². The summed E-state index contributed by atoms with van der Waals surface area (Å²) in [6.45, 7) is 5.98. The molecule has 1 rings (SSSR count). The van der Waals surface area contributed by atoms with Gasteiger partial charge in [-0.3, -0.25) is 4.79 Å². The Bertz CT molecular complexity index is 184. The SMILES string of the molecule is CCC(CC)CNC(=O)CC1CCCO1. The first kappa shape index (κ1) is 12.5. The maximum absolute atomic E-state index is 11.5. The molecule has 1 saturated heterocycles. The van der Waals surface area contributed by atoms with Crippen LogP contribution in [0.25, 0.3) is 0 Å². The first-order valence-corrected chi connectivity index (χ1v) is 6.14. The molecule has 0 spiro atoms. The first-order valence-electron chi connectivity index (χ1n) is 6.14. The number of carbonyl (C=O) groups excluding carboxylic acids is 1. The number of ether oxygens (including phenoxy) is 1. The van der Waals surface area contributed by atoms with Crippen molar-refractivity contribution < 1.29 is 9.53 Å². The molecule has 0 radical (unpaired) electrons. The van der Waals surface area contributed by atoms with Gasteiger partial charge in [0.15, 0.2) is 0 Å². The fourth-order valence-electron chi connectivity index (χ4n) is 1.92. The normalized spacial score (nSPS) is 20.9. The molecular weight excluding hydrogens is 190 g/mol. The fraction of sp³-hybridized carbons (Fsp3) is 0.917. The van der Waals surface area contributed by atoms with Crippen LogP contribution in [-0.4, -0.2) is 25.2 Å². The number of rotatable bonds is 6. The molecule has 1 N–H and O–H groups in total. The molecule has 0 bridgehead atoms. The third-order valence-electron chi connectivity index (χ3n) is 3.18. The van der Waals surface area contributed by atoms with Gasteiger partial charge >= 0.3 is 0 Å². The molecule has 15 heavy (non-hydrogen) atoms. The number of nitrogens with one attached hydrogen (secondary N) is 1. The molecule has 1 fully saturated rings. The maximum atomic E-state index is 11.5. The van der Waals surface area contributed by atoms with E-state index in [9.17, 15) is 4.79 Å². The predicted molar refractivity (Wildman–Crippen MR) is 60.7 cm³/mol. The van der Waals surface area contributed by atoms with Gasteiger partial charge < -0.3 is 10.1 Å². The van der Waals surface area contributed by atoms with Crippen LogP contribution in [-0.2, 0) is 9.53 Å². The summed E-state index contributed by atoms with van der Waals surface area (Å²) in [5, 5.41) is 2.99. The molecular formula is C12H23NO2. The van der Waals surface area contributed by atoms with E-state index in [1.165, 1.54) is 0 Å². The molecule has 1 atom stereocenters. The van der Waals surface area contributed by atoms with Gasteiger partial charge in [0, 0.05) is 13.2 Å². The van der Waals surface area contributed by atoms with E-state index < -0.39 is 0 Å². The zero-order valence-corrected chi connectivity index (χ0v) is 9.92. The first-order chi connectivity index (χ1) is 7.26. The van der Waals surface area contributed by atoms with Crippen molar-refractivity contribution in [3.63, 3.8) is 0 Å². The summed E-state index contributed by atoms with van der Waals surface area (Å²) in [5.74, 6) is 0.771. The Hall–Kier alpha value is -0.570. The van der Waals surface area contributed by atoms with Gasteiger partial charge in [-0.15, -0.1) is 0 Å². The molecule has 1 unspecified atom stereocenters. The topological polar surface area (TPSA) is 38.3 Å². The van der Waals surface area contributed by atoms with Gasteiger partial charge in [-0.2, -0.15) is 0 Å². The molecule has 0 aromatic heterocycles. The van der Waals surface area contributed by atoms with Crippen molar-refractivity contribution in [2.24, 2.45) is 5.92 Å². The molecule has 88 valence electrons. The van der Waals surface area contributed by atoms with E-state index in [4.69, 9.17) is 4.74 Å². The van der Waals surface area contributed by atoms with Crippen molar-refractivity contribution in [3.8, 4) is 0 Å². The Labute approximate surface area is 92.6 Å².